The molecule has 1 aromatic carbocycles. The van der Waals surface area contributed by atoms with E-state index in [1.807, 2.05) is 6.07 Å². The Morgan fingerprint density at radius 1 is 1.16 bits per heavy atom. The number of nitrogens with one attached hydrogen (secondary N) is 2. The van der Waals surface area contributed by atoms with Gasteiger partial charge in [-0.15, -0.1) is 12.4 Å². The van der Waals surface area contributed by atoms with Gasteiger partial charge in [-0.2, -0.15) is 0 Å². The number of hydrogen-bond donors (Lipinski definition) is 2. The molecule has 0 atom stereocenters. The molecule has 0 saturated carbocycles. The minimum Gasteiger partial charge on any atom is -0.351 e. The van der Waals surface area contributed by atoms with Gasteiger partial charge < -0.3 is 10.6 Å². The van der Waals surface area contributed by atoms with Crippen molar-refractivity contribution in [2.45, 2.75) is 32.6 Å². The molecule has 1 aromatic rings. The van der Waals surface area contributed by atoms with Crippen LogP contribution in [-0.4, -0.2) is 25.5 Å². The van der Waals surface area contributed by atoms with Crippen molar-refractivity contribution in [1.82, 2.24) is 10.6 Å². The molecule has 0 aliphatic heterocycles. The van der Waals surface area contributed by atoms with Crippen molar-refractivity contribution >= 4 is 18.3 Å². The molecule has 0 fully saturated rings. The van der Waals surface area contributed by atoms with E-state index in [1.165, 1.54) is 24.0 Å². The molecule has 0 radical (unpaired) electrons. The van der Waals surface area contributed by atoms with Gasteiger partial charge in [0.15, 0.2) is 0 Å². The van der Waals surface area contributed by atoms with Gasteiger partial charge >= 0.3 is 0 Å². The Bertz CT molecular complexity index is 421. The van der Waals surface area contributed by atoms with Gasteiger partial charge in [0.1, 0.15) is 0 Å². The number of rotatable bonds is 5. The van der Waals surface area contributed by atoms with Crippen LogP contribution in [0.15, 0.2) is 18.2 Å². The fraction of sp³-hybridized carbons (Fsp3) is 0.533. The fourth-order valence-electron chi connectivity index (χ4n) is 2.42. The normalized spacial score (nSPS) is 13.3. The third-order valence-electron chi connectivity index (χ3n) is 3.45. The van der Waals surface area contributed by atoms with Crippen LogP contribution in [0.2, 0.25) is 0 Å². The second-order valence-electron chi connectivity index (χ2n) is 4.80. The van der Waals surface area contributed by atoms with Gasteiger partial charge in [0.25, 0.3) is 5.91 Å². The lowest BCUT2D eigenvalue weighted by atomic mass is 9.90. The van der Waals surface area contributed by atoms with Crippen LogP contribution < -0.4 is 10.6 Å². The van der Waals surface area contributed by atoms with Crippen molar-refractivity contribution in [1.29, 1.82) is 0 Å². The Hall–Kier alpha value is -1.06. The lowest BCUT2D eigenvalue weighted by Crippen LogP contribution is -2.31. The van der Waals surface area contributed by atoms with Crippen LogP contribution in [0.3, 0.4) is 0 Å². The molecule has 1 amide bonds. The zero-order chi connectivity index (χ0) is 12.8. The Labute approximate surface area is 121 Å². The lowest BCUT2D eigenvalue weighted by Gasteiger charge is -2.16. The average Bonchev–Trinajstić information content (AvgIpc) is 2.43. The molecule has 19 heavy (non-hydrogen) atoms. The molecule has 0 aromatic heterocycles. The summed E-state index contributed by atoms with van der Waals surface area (Å²) in [5, 5.41) is 6.13. The number of carbonyl (C=O) groups is 1. The van der Waals surface area contributed by atoms with Gasteiger partial charge in [-0.25, -0.2) is 0 Å². The number of amides is 1. The SMILES string of the molecule is CCNCCNC(=O)c1ccc2c(c1)CCCC2.Cl. The van der Waals surface area contributed by atoms with E-state index in [9.17, 15) is 4.79 Å². The summed E-state index contributed by atoms with van der Waals surface area (Å²) in [5.41, 5.74) is 3.58. The zero-order valence-electron chi connectivity index (χ0n) is 11.5. The molecule has 0 unspecified atom stereocenters. The number of likely N-dealkylation sites (N-methyl/N-ethyl adjacent to an activating group) is 1. The van der Waals surface area contributed by atoms with Gasteiger partial charge in [-0.05, 0) is 55.5 Å². The van der Waals surface area contributed by atoms with E-state index in [0.717, 1.165) is 31.5 Å². The van der Waals surface area contributed by atoms with Crippen LogP contribution in [0.4, 0.5) is 0 Å². The van der Waals surface area contributed by atoms with Crippen molar-refractivity contribution in [2.24, 2.45) is 0 Å². The van der Waals surface area contributed by atoms with Gasteiger partial charge in [-0.3, -0.25) is 4.79 Å². The van der Waals surface area contributed by atoms with E-state index < -0.39 is 0 Å². The smallest absolute Gasteiger partial charge is 0.251 e. The molecule has 0 heterocycles. The van der Waals surface area contributed by atoms with E-state index in [-0.39, 0.29) is 18.3 Å². The first-order valence-electron chi connectivity index (χ1n) is 6.92. The molecular formula is C15H23ClN2O. The standard InChI is InChI=1S/C15H22N2O.ClH/c1-2-16-9-10-17-15(18)14-8-7-12-5-3-4-6-13(12)11-14;/h7-8,11,16H,2-6,9-10H2,1H3,(H,17,18);1H. The first kappa shape index (κ1) is 16.0. The van der Waals surface area contributed by atoms with E-state index in [0.29, 0.717) is 6.54 Å². The molecule has 0 bridgehead atoms. The fourth-order valence-corrected chi connectivity index (χ4v) is 2.42. The summed E-state index contributed by atoms with van der Waals surface area (Å²) < 4.78 is 0. The first-order valence-corrected chi connectivity index (χ1v) is 6.92. The summed E-state index contributed by atoms with van der Waals surface area (Å²) in [6, 6.07) is 6.14. The molecular weight excluding hydrogens is 260 g/mol. The quantitative estimate of drug-likeness (QED) is 0.814. The average molecular weight is 283 g/mol. The minimum absolute atomic E-state index is 0. The molecule has 2 N–H and O–H groups in total. The van der Waals surface area contributed by atoms with Gasteiger partial charge in [0.05, 0.1) is 0 Å². The summed E-state index contributed by atoms with van der Waals surface area (Å²) in [4.78, 5) is 12.0. The Kier molecular flexibility index (Phi) is 6.89. The summed E-state index contributed by atoms with van der Waals surface area (Å²) in [5.74, 6) is 0.0428. The van der Waals surface area contributed by atoms with Crippen LogP contribution in [0.1, 0.15) is 41.3 Å². The maximum atomic E-state index is 12.0. The number of benzene rings is 1. The molecule has 1 aliphatic carbocycles. The molecule has 0 saturated heterocycles. The van der Waals surface area contributed by atoms with Crippen LogP contribution in [0.5, 0.6) is 0 Å². The van der Waals surface area contributed by atoms with Crippen LogP contribution in [-0.2, 0) is 12.8 Å². The highest BCUT2D eigenvalue weighted by atomic mass is 35.5. The van der Waals surface area contributed by atoms with Gasteiger partial charge in [0, 0.05) is 18.7 Å². The Morgan fingerprint density at radius 2 is 1.89 bits per heavy atom. The number of aryl methyl sites for hydroxylation is 2. The molecule has 2 rings (SSSR count). The highest BCUT2D eigenvalue weighted by molar-refractivity contribution is 5.94. The van der Waals surface area contributed by atoms with Crippen molar-refractivity contribution in [3.05, 3.63) is 34.9 Å². The third kappa shape index (κ3) is 4.51. The van der Waals surface area contributed by atoms with Crippen molar-refractivity contribution in [2.75, 3.05) is 19.6 Å². The predicted molar refractivity (Wildman–Crippen MR) is 81.2 cm³/mol. The molecule has 3 nitrogen and oxygen atoms in total. The summed E-state index contributed by atoms with van der Waals surface area (Å²) in [6.45, 7) is 4.51. The molecule has 106 valence electrons. The Balaban J connectivity index is 0.00000180. The summed E-state index contributed by atoms with van der Waals surface area (Å²) in [7, 11) is 0. The topological polar surface area (TPSA) is 41.1 Å². The van der Waals surface area contributed by atoms with E-state index in [2.05, 4.69) is 29.7 Å². The monoisotopic (exact) mass is 282 g/mol. The van der Waals surface area contributed by atoms with Gasteiger partial charge in [-0.1, -0.05) is 13.0 Å². The zero-order valence-corrected chi connectivity index (χ0v) is 12.3. The number of halogens is 1. The van der Waals surface area contributed by atoms with Crippen molar-refractivity contribution < 1.29 is 4.79 Å². The van der Waals surface area contributed by atoms with Crippen molar-refractivity contribution in [3.63, 3.8) is 0 Å². The minimum atomic E-state index is 0. The molecule has 0 spiro atoms. The largest absolute Gasteiger partial charge is 0.351 e. The second-order valence-corrected chi connectivity index (χ2v) is 4.80. The third-order valence-corrected chi connectivity index (χ3v) is 3.45. The number of fused-ring (bicyclic) bond motifs is 1. The maximum Gasteiger partial charge on any atom is 0.251 e. The van der Waals surface area contributed by atoms with E-state index in [4.69, 9.17) is 0 Å². The van der Waals surface area contributed by atoms with Crippen LogP contribution in [0, 0.1) is 0 Å². The van der Waals surface area contributed by atoms with E-state index in [1.54, 1.807) is 0 Å². The summed E-state index contributed by atoms with van der Waals surface area (Å²) in [6.07, 6.45) is 4.81. The highest BCUT2D eigenvalue weighted by Gasteiger charge is 2.12. The van der Waals surface area contributed by atoms with Crippen LogP contribution >= 0.6 is 12.4 Å². The predicted octanol–water partition coefficient (Wildman–Crippen LogP) is 2.33. The number of carbonyl (C=O) groups excluding carboxylic acids is 1. The Morgan fingerprint density at radius 3 is 2.63 bits per heavy atom. The lowest BCUT2D eigenvalue weighted by molar-refractivity contribution is 0.0954. The highest BCUT2D eigenvalue weighted by Crippen LogP contribution is 2.22. The molecule has 1 aliphatic rings. The van der Waals surface area contributed by atoms with Crippen LogP contribution in [0.25, 0.3) is 0 Å². The van der Waals surface area contributed by atoms with E-state index >= 15 is 0 Å². The first-order chi connectivity index (χ1) is 8.81. The summed E-state index contributed by atoms with van der Waals surface area (Å²) >= 11 is 0. The van der Waals surface area contributed by atoms with Gasteiger partial charge in [0.2, 0.25) is 0 Å². The maximum absolute atomic E-state index is 12.0. The van der Waals surface area contributed by atoms with Crippen molar-refractivity contribution in [3.8, 4) is 0 Å². The number of hydrogen-bond acceptors (Lipinski definition) is 2. The molecule has 4 heteroatoms. The second kappa shape index (κ2) is 8.18.